The topological polar surface area (TPSA) is 58.6 Å². The first-order valence-electron chi connectivity index (χ1n) is 9.39. The van der Waals surface area contributed by atoms with Gasteiger partial charge >= 0.3 is 0 Å². The number of nitrogens with zero attached hydrogens (tertiary/aromatic N) is 1. The maximum Gasteiger partial charge on any atom is 0.225 e. The van der Waals surface area contributed by atoms with Crippen molar-refractivity contribution in [2.75, 3.05) is 19.7 Å². The van der Waals surface area contributed by atoms with Gasteiger partial charge in [0.1, 0.15) is 0 Å². The molecular weight excluding hydrogens is 316 g/mol. The molecule has 0 unspecified atom stereocenters. The van der Waals surface area contributed by atoms with Crippen molar-refractivity contribution in [1.29, 1.82) is 0 Å². The Morgan fingerprint density at radius 1 is 1.20 bits per heavy atom. The van der Waals surface area contributed by atoms with Crippen molar-refractivity contribution >= 4 is 11.8 Å². The summed E-state index contributed by atoms with van der Waals surface area (Å²) in [6.07, 6.45) is 3.82. The summed E-state index contributed by atoms with van der Waals surface area (Å²) >= 11 is 0. The highest BCUT2D eigenvalue weighted by Crippen LogP contribution is 2.32. The average molecular weight is 344 g/mol. The van der Waals surface area contributed by atoms with Gasteiger partial charge in [-0.05, 0) is 43.7 Å². The first kappa shape index (κ1) is 17.9. The summed E-state index contributed by atoms with van der Waals surface area (Å²) in [5.74, 6) is 0.461. The highest BCUT2D eigenvalue weighted by atomic mass is 16.5. The van der Waals surface area contributed by atoms with Crippen LogP contribution in [0.15, 0.2) is 24.3 Å². The number of piperidine rings is 1. The predicted octanol–water partition coefficient (Wildman–Crippen LogP) is 2.49. The standard InChI is InChI=1S/C20H28N2O3/c1-2-25-14-16-6-3-5-15(11-16)12-21-19(23)18-7-4-10-22(13-18)20(24)17-8-9-17/h3,5-6,11,17-18H,2,4,7-10,12-14H2,1H3,(H,21,23)/t18-/m0/s1. The van der Waals surface area contributed by atoms with Crippen LogP contribution in [-0.4, -0.2) is 36.4 Å². The number of hydrogen-bond donors (Lipinski definition) is 1. The molecule has 2 fully saturated rings. The smallest absolute Gasteiger partial charge is 0.225 e. The fourth-order valence-corrected chi connectivity index (χ4v) is 3.36. The molecule has 0 bridgehead atoms. The summed E-state index contributed by atoms with van der Waals surface area (Å²) in [6, 6.07) is 8.11. The Hall–Kier alpha value is -1.88. The Balaban J connectivity index is 1.49. The molecule has 1 aliphatic heterocycles. The van der Waals surface area contributed by atoms with Crippen LogP contribution in [0.2, 0.25) is 0 Å². The number of ether oxygens (including phenoxy) is 1. The maximum atomic E-state index is 12.5. The fraction of sp³-hybridized carbons (Fsp3) is 0.600. The summed E-state index contributed by atoms with van der Waals surface area (Å²) in [6.45, 7) is 5.17. The second kappa shape index (κ2) is 8.48. The zero-order valence-corrected chi connectivity index (χ0v) is 15.0. The Morgan fingerprint density at radius 3 is 2.76 bits per heavy atom. The summed E-state index contributed by atoms with van der Waals surface area (Å²) < 4.78 is 5.43. The van der Waals surface area contributed by atoms with Gasteiger partial charge in [-0.1, -0.05) is 24.3 Å². The number of nitrogens with one attached hydrogen (secondary N) is 1. The lowest BCUT2D eigenvalue weighted by Gasteiger charge is -2.32. The van der Waals surface area contributed by atoms with E-state index < -0.39 is 0 Å². The molecule has 3 rings (SSSR count). The lowest BCUT2D eigenvalue weighted by atomic mass is 9.96. The van der Waals surface area contributed by atoms with Crippen molar-refractivity contribution in [3.05, 3.63) is 35.4 Å². The Kier molecular flexibility index (Phi) is 6.08. The van der Waals surface area contributed by atoms with Crippen molar-refractivity contribution in [2.24, 2.45) is 11.8 Å². The number of carbonyl (C=O) groups excluding carboxylic acids is 2. The zero-order valence-electron chi connectivity index (χ0n) is 15.0. The van der Waals surface area contributed by atoms with Crippen LogP contribution in [0, 0.1) is 11.8 Å². The number of hydrogen-bond acceptors (Lipinski definition) is 3. The molecule has 1 atom stereocenters. The molecule has 0 spiro atoms. The maximum absolute atomic E-state index is 12.5. The molecule has 1 heterocycles. The van der Waals surface area contributed by atoms with Gasteiger partial charge in [0, 0.05) is 32.2 Å². The van der Waals surface area contributed by atoms with Crippen molar-refractivity contribution in [2.45, 2.75) is 45.8 Å². The van der Waals surface area contributed by atoms with Gasteiger partial charge in [-0.2, -0.15) is 0 Å². The van der Waals surface area contributed by atoms with E-state index in [1.54, 1.807) is 0 Å². The van der Waals surface area contributed by atoms with Crippen LogP contribution >= 0.6 is 0 Å². The van der Waals surface area contributed by atoms with Crippen LogP contribution in [0.3, 0.4) is 0 Å². The number of carbonyl (C=O) groups is 2. The number of benzene rings is 1. The third-order valence-corrected chi connectivity index (χ3v) is 4.96. The quantitative estimate of drug-likeness (QED) is 0.827. The minimum atomic E-state index is -0.0805. The highest BCUT2D eigenvalue weighted by Gasteiger charge is 2.36. The third-order valence-electron chi connectivity index (χ3n) is 4.96. The molecule has 5 nitrogen and oxygen atoms in total. The molecule has 1 aromatic rings. The van der Waals surface area contributed by atoms with Crippen molar-refractivity contribution in [3.8, 4) is 0 Å². The van der Waals surface area contributed by atoms with Crippen molar-refractivity contribution in [1.82, 2.24) is 10.2 Å². The van der Waals surface area contributed by atoms with Crippen LogP contribution in [0.4, 0.5) is 0 Å². The number of likely N-dealkylation sites (tertiary alicyclic amines) is 1. The highest BCUT2D eigenvalue weighted by molar-refractivity contribution is 5.83. The van der Waals surface area contributed by atoms with E-state index in [1.807, 2.05) is 30.0 Å². The van der Waals surface area contributed by atoms with E-state index in [0.717, 1.165) is 43.4 Å². The van der Waals surface area contributed by atoms with Gasteiger partial charge in [-0.3, -0.25) is 9.59 Å². The van der Waals surface area contributed by atoms with E-state index in [1.165, 1.54) is 0 Å². The Labute approximate surface area is 149 Å². The van der Waals surface area contributed by atoms with Crippen LogP contribution in [0.25, 0.3) is 0 Å². The van der Waals surface area contributed by atoms with Gasteiger partial charge in [0.2, 0.25) is 11.8 Å². The Bertz CT molecular complexity index is 613. The zero-order chi connectivity index (χ0) is 17.6. The molecule has 1 saturated carbocycles. The largest absolute Gasteiger partial charge is 0.377 e. The summed E-state index contributed by atoms with van der Waals surface area (Å²) in [5, 5.41) is 3.04. The van der Waals surface area contributed by atoms with Gasteiger partial charge in [0.15, 0.2) is 0 Å². The van der Waals surface area contributed by atoms with E-state index in [-0.39, 0.29) is 23.7 Å². The monoisotopic (exact) mass is 344 g/mol. The second-order valence-electron chi connectivity index (χ2n) is 7.07. The molecule has 0 aromatic heterocycles. The first-order valence-corrected chi connectivity index (χ1v) is 9.39. The molecule has 25 heavy (non-hydrogen) atoms. The van der Waals surface area contributed by atoms with Gasteiger partial charge in [-0.15, -0.1) is 0 Å². The predicted molar refractivity (Wildman–Crippen MR) is 95.6 cm³/mol. The van der Waals surface area contributed by atoms with E-state index in [0.29, 0.717) is 26.3 Å². The van der Waals surface area contributed by atoms with Crippen LogP contribution in [0.1, 0.15) is 43.7 Å². The second-order valence-corrected chi connectivity index (χ2v) is 7.07. The Morgan fingerprint density at radius 2 is 2.00 bits per heavy atom. The van der Waals surface area contributed by atoms with Gasteiger partial charge in [-0.25, -0.2) is 0 Å². The van der Waals surface area contributed by atoms with E-state index in [4.69, 9.17) is 4.74 Å². The molecule has 0 radical (unpaired) electrons. The van der Waals surface area contributed by atoms with Crippen molar-refractivity contribution in [3.63, 3.8) is 0 Å². The molecule has 1 N–H and O–H groups in total. The summed E-state index contributed by atoms with van der Waals surface area (Å²) in [7, 11) is 0. The molecule has 1 aromatic carbocycles. The minimum Gasteiger partial charge on any atom is -0.377 e. The van der Waals surface area contributed by atoms with Crippen LogP contribution in [-0.2, 0) is 27.5 Å². The van der Waals surface area contributed by atoms with Gasteiger partial charge in [0.05, 0.1) is 12.5 Å². The lowest BCUT2D eigenvalue weighted by Crippen LogP contribution is -2.45. The average Bonchev–Trinajstić information content (AvgIpc) is 3.49. The number of rotatable bonds is 7. The van der Waals surface area contributed by atoms with Crippen molar-refractivity contribution < 1.29 is 14.3 Å². The molecule has 1 aliphatic carbocycles. The normalized spacial score (nSPS) is 20.4. The van der Waals surface area contributed by atoms with Crippen LogP contribution in [0.5, 0.6) is 0 Å². The van der Waals surface area contributed by atoms with Gasteiger partial charge < -0.3 is 15.0 Å². The van der Waals surface area contributed by atoms with Crippen LogP contribution < -0.4 is 5.32 Å². The lowest BCUT2D eigenvalue weighted by molar-refractivity contribution is -0.136. The fourth-order valence-electron chi connectivity index (χ4n) is 3.36. The minimum absolute atomic E-state index is 0.0588. The first-order chi connectivity index (χ1) is 12.2. The van der Waals surface area contributed by atoms with E-state index >= 15 is 0 Å². The molecule has 2 aliphatic rings. The molecule has 1 saturated heterocycles. The molecule has 5 heteroatoms. The number of amides is 2. The SMILES string of the molecule is CCOCc1cccc(CNC(=O)[C@H]2CCCN(C(=O)C3CC3)C2)c1. The summed E-state index contributed by atoms with van der Waals surface area (Å²) in [5.41, 5.74) is 2.19. The summed E-state index contributed by atoms with van der Waals surface area (Å²) in [4.78, 5) is 26.6. The molecule has 2 amide bonds. The van der Waals surface area contributed by atoms with E-state index in [9.17, 15) is 9.59 Å². The van der Waals surface area contributed by atoms with Gasteiger partial charge in [0.25, 0.3) is 0 Å². The third kappa shape index (κ3) is 5.05. The molecular formula is C20H28N2O3. The van der Waals surface area contributed by atoms with E-state index in [2.05, 4.69) is 11.4 Å². The molecule has 136 valence electrons.